The molecule has 2 amide bonds. The highest BCUT2D eigenvalue weighted by molar-refractivity contribution is 7.89. The zero-order chi connectivity index (χ0) is 14.9. The zero-order valence-corrected chi connectivity index (χ0v) is 12.2. The van der Waals surface area contributed by atoms with Gasteiger partial charge in [0, 0.05) is 32.7 Å². The van der Waals surface area contributed by atoms with Crippen molar-refractivity contribution in [1.29, 1.82) is 0 Å². The van der Waals surface area contributed by atoms with Gasteiger partial charge in [0.2, 0.25) is 0 Å². The van der Waals surface area contributed by atoms with Crippen molar-refractivity contribution in [1.82, 2.24) is 19.7 Å². The molecule has 0 fully saturated rings. The van der Waals surface area contributed by atoms with Gasteiger partial charge in [-0.15, -0.1) is 4.83 Å². The summed E-state index contributed by atoms with van der Waals surface area (Å²) in [6.07, 6.45) is 1.78. The van der Waals surface area contributed by atoms with Crippen molar-refractivity contribution in [3.63, 3.8) is 0 Å². The number of nitrogens with zero attached hydrogens (tertiary/aromatic N) is 2. The zero-order valence-electron chi connectivity index (χ0n) is 11.4. The molecule has 1 aromatic heterocycles. The van der Waals surface area contributed by atoms with E-state index < -0.39 is 16.1 Å². The number of fused-ring (bicyclic) bond motifs is 1. The molecule has 0 saturated heterocycles. The number of hydrogen-bond acceptors (Lipinski definition) is 3. The lowest BCUT2D eigenvalue weighted by Gasteiger charge is -2.14. The SMILES string of the molecule is CN(C)C(=O)NNS(=O)(=O)c1cccc2ccn(C)c12. The number of urea groups is 1. The fourth-order valence-corrected chi connectivity index (χ4v) is 2.92. The predicted molar refractivity (Wildman–Crippen MR) is 75.5 cm³/mol. The van der Waals surface area contributed by atoms with Crippen LogP contribution >= 0.6 is 0 Å². The first-order valence-electron chi connectivity index (χ1n) is 5.86. The Hall–Kier alpha value is -2.06. The summed E-state index contributed by atoms with van der Waals surface area (Å²) < 4.78 is 26.3. The van der Waals surface area contributed by atoms with E-state index >= 15 is 0 Å². The van der Waals surface area contributed by atoms with E-state index in [9.17, 15) is 13.2 Å². The molecule has 0 spiro atoms. The highest BCUT2D eigenvalue weighted by Crippen LogP contribution is 2.22. The van der Waals surface area contributed by atoms with Gasteiger partial charge in [-0.2, -0.15) is 0 Å². The summed E-state index contributed by atoms with van der Waals surface area (Å²) in [7, 11) is 0.957. The van der Waals surface area contributed by atoms with Crippen LogP contribution in [0.4, 0.5) is 4.79 Å². The van der Waals surface area contributed by atoms with Gasteiger partial charge in [-0.3, -0.25) is 5.43 Å². The summed E-state index contributed by atoms with van der Waals surface area (Å²) in [5, 5.41) is 0.814. The molecule has 0 unspecified atom stereocenters. The molecule has 8 heteroatoms. The molecule has 0 bridgehead atoms. The Bertz CT molecular complexity index is 749. The molecule has 2 rings (SSSR count). The number of benzene rings is 1. The van der Waals surface area contributed by atoms with Gasteiger partial charge in [-0.05, 0) is 12.1 Å². The number of carbonyl (C=O) groups is 1. The number of hydrazine groups is 1. The van der Waals surface area contributed by atoms with Crippen LogP contribution in [0.5, 0.6) is 0 Å². The Balaban J connectivity index is 2.37. The summed E-state index contributed by atoms with van der Waals surface area (Å²) in [5.41, 5.74) is 2.72. The van der Waals surface area contributed by atoms with E-state index in [4.69, 9.17) is 0 Å². The third-order valence-corrected chi connectivity index (χ3v) is 4.13. The largest absolute Gasteiger partial charge is 0.349 e. The summed E-state index contributed by atoms with van der Waals surface area (Å²) in [6.45, 7) is 0. The molecule has 0 aliphatic heterocycles. The van der Waals surface area contributed by atoms with Gasteiger partial charge in [-0.25, -0.2) is 13.2 Å². The lowest BCUT2D eigenvalue weighted by molar-refractivity contribution is 0.215. The minimum absolute atomic E-state index is 0.113. The van der Waals surface area contributed by atoms with E-state index in [1.165, 1.54) is 25.1 Å². The number of aryl methyl sites for hydroxylation is 1. The number of carbonyl (C=O) groups excluding carboxylic acids is 1. The number of sulfonamides is 1. The molecule has 0 aliphatic rings. The smallest absolute Gasteiger partial charge is 0.332 e. The van der Waals surface area contributed by atoms with Crippen LogP contribution in [0.1, 0.15) is 0 Å². The van der Waals surface area contributed by atoms with Crippen LogP contribution in [0.25, 0.3) is 10.9 Å². The summed E-state index contributed by atoms with van der Waals surface area (Å²) >= 11 is 0. The Kier molecular flexibility index (Phi) is 3.69. The lowest BCUT2D eigenvalue weighted by atomic mass is 10.2. The van der Waals surface area contributed by atoms with E-state index in [1.807, 2.05) is 12.1 Å². The third kappa shape index (κ3) is 2.61. The van der Waals surface area contributed by atoms with Crippen LogP contribution in [0.3, 0.4) is 0 Å². The molecule has 1 heterocycles. The minimum Gasteiger partial charge on any atom is -0.349 e. The van der Waals surface area contributed by atoms with Crippen LogP contribution in [-0.4, -0.2) is 38.0 Å². The van der Waals surface area contributed by atoms with Gasteiger partial charge in [-0.1, -0.05) is 12.1 Å². The fraction of sp³-hybridized carbons (Fsp3) is 0.250. The van der Waals surface area contributed by atoms with Gasteiger partial charge >= 0.3 is 6.03 Å². The standard InChI is InChI=1S/C12H16N4O3S/c1-15(2)12(17)13-14-20(18,19)10-6-4-5-9-7-8-16(3)11(9)10/h4-8,14H,1-3H3,(H,13,17). The van der Waals surface area contributed by atoms with Crippen molar-refractivity contribution in [3.8, 4) is 0 Å². The van der Waals surface area contributed by atoms with E-state index in [0.717, 1.165) is 5.39 Å². The molecule has 108 valence electrons. The molecule has 7 nitrogen and oxygen atoms in total. The summed E-state index contributed by atoms with van der Waals surface area (Å²) in [5.74, 6) is 0. The topological polar surface area (TPSA) is 83.4 Å². The first-order chi connectivity index (χ1) is 9.33. The summed E-state index contributed by atoms with van der Waals surface area (Å²) in [6, 6.07) is 6.25. The van der Waals surface area contributed by atoms with Gasteiger partial charge in [0.05, 0.1) is 5.52 Å². The highest BCUT2D eigenvalue weighted by atomic mass is 32.2. The molecule has 2 aromatic rings. The molecule has 0 saturated carbocycles. The number of para-hydroxylation sites is 1. The Labute approximate surface area is 117 Å². The van der Waals surface area contributed by atoms with Gasteiger partial charge in [0.25, 0.3) is 10.0 Å². The normalized spacial score (nSPS) is 11.6. The van der Waals surface area contributed by atoms with Crippen molar-refractivity contribution in [2.45, 2.75) is 4.90 Å². The van der Waals surface area contributed by atoms with E-state index in [-0.39, 0.29) is 4.90 Å². The molecule has 20 heavy (non-hydrogen) atoms. The minimum atomic E-state index is -3.84. The number of nitrogens with one attached hydrogen (secondary N) is 2. The number of hydrogen-bond donors (Lipinski definition) is 2. The second-order valence-electron chi connectivity index (χ2n) is 4.55. The Morgan fingerprint density at radius 2 is 1.95 bits per heavy atom. The molecular weight excluding hydrogens is 280 g/mol. The van der Waals surface area contributed by atoms with E-state index in [2.05, 4.69) is 10.3 Å². The molecule has 0 radical (unpaired) electrons. The van der Waals surface area contributed by atoms with Crippen molar-refractivity contribution in [2.24, 2.45) is 7.05 Å². The number of rotatable bonds is 3. The molecule has 2 N–H and O–H groups in total. The first kappa shape index (κ1) is 14.4. The predicted octanol–water partition coefficient (Wildman–Crippen LogP) is 0.643. The van der Waals surface area contributed by atoms with E-state index in [1.54, 1.807) is 23.9 Å². The maximum atomic E-state index is 12.3. The van der Waals surface area contributed by atoms with Crippen LogP contribution in [0, 0.1) is 0 Å². The Morgan fingerprint density at radius 1 is 1.25 bits per heavy atom. The number of aromatic nitrogens is 1. The monoisotopic (exact) mass is 296 g/mol. The lowest BCUT2D eigenvalue weighted by Crippen LogP contribution is -2.46. The van der Waals surface area contributed by atoms with Gasteiger partial charge in [0.15, 0.2) is 0 Å². The molecule has 0 aliphatic carbocycles. The number of amides is 2. The van der Waals surface area contributed by atoms with Crippen LogP contribution < -0.4 is 10.3 Å². The van der Waals surface area contributed by atoms with Crippen LogP contribution in [-0.2, 0) is 17.1 Å². The van der Waals surface area contributed by atoms with Crippen molar-refractivity contribution in [3.05, 3.63) is 30.5 Å². The van der Waals surface area contributed by atoms with E-state index in [0.29, 0.717) is 5.52 Å². The first-order valence-corrected chi connectivity index (χ1v) is 7.34. The van der Waals surface area contributed by atoms with Crippen LogP contribution in [0.2, 0.25) is 0 Å². The van der Waals surface area contributed by atoms with Crippen molar-refractivity contribution in [2.75, 3.05) is 14.1 Å². The average molecular weight is 296 g/mol. The second kappa shape index (κ2) is 5.14. The quantitative estimate of drug-likeness (QED) is 0.815. The highest BCUT2D eigenvalue weighted by Gasteiger charge is 2.20. The fourth-order valence-electron chi connectivity index (χ4n) is 1.81. The average Bonchev–Trinajstić information content (AvgIpc) is 2.78. The molecule has 0 atom stereocenters. The molecular formula is C12H16N4O3S. The van der Waals surface area contributed by atoms with Crippen molar-refractivity contribution >= 4 is 27.0 Å². The summed E-state index contributed by atoms with van der Waals surface area (Å²) in [4.78, 5) is 14.8. The van der Waals surface area contributed by atoms with Crippen LogP contribution in [0.15, 0.2) is 35.4 Å². The maximum absolute atomic E-state index is 12.3. The van der Waals surface area contributed by atoms with Gasteiger partial charge < -0.3 is 9.47 Å². The third-order valence-electron chi connectivity index (χ3n) is 2.85. The van der Waals surface area contributed by atoms with Gasteiger partial charge in [0.1, 0.15) is 4.90 Å². The maximum Gasteiger partial charge on any atom is 0.332 e. The Morgan fingerprint density at radius 3 is 2.60 bits per heavy atom. The molecule has 1 aromatic carbocycles. The second-order valence-corrected chi connectivity index (χ2v) is 6.20. The van der Waals surface area contributed by atoms with Crippen molar-refractivity contribution < 1.29 is 13.2 Å².